The smallest absolute Gasteiger partial charge is 0.315 e. The number of carbonyl (C=O) groups is 2. The van der Waals surface area contributed by atoms with E-state index in [1.165, 1.54) is 6.07 Å². The van der Waals surface area contributed by atoms with Gasteiger partial charge in [0.1, 0.15) is 5.76 Å². The van der Waals surface area contributed by atoms with Crippen molar-refractivity contribution >= 4 is 39.2 Å². The number of amides is 2. The Morgan fingerprint density at radius 2 is 1.79 bits per heavy atom. The number of anilines is 2. The van der Waals surface area contributed by atoms with E-state index < -0.39 is 11.8 Å². The van der Waals surface area contributed by atoms with Gasteiger partial charge in [0, 0.05) is 16.2 Å². The molecule has 2 rings (SSSR count). The minimum Gasteiger partial charge on any atom is -0.360 e. The minimum atomic E-state index is -0.809. The molecule has 0 unspecified atom stereocenters. The molecule has 0 aliphatic heterocycles. The summed E-state index contributed by atoms with van der Waals surface area (Å²) in [6, 6.07) is 8.39. The Morgan fingerprint density at radius 1 is 1.16 bits per heavy atom. The number of benzene rings is 1. The molecule has 0 saturated carbocycles. The Morgan fingerprint density at radius 3 is 2.37 bits per heavy atom. The van der Waals surface area contributed by atoms with Crippen LogP contribution in [-0.4, -0.2) is 17.0 Å². The van der Waals surface area contributed by atoms with Crippen molar-refractivity contribution in [3.05, 3.63) is 40.6 Å². The van der Waals surface area contributed by atoms with E-state index >= 15 is 0 Å². The van der Waals surface area contributed by atoms with Crippen LogP contribution < -0.4 is 10.6 Å². The summed E-state index contributed by atoms with van der Waals surface area (Å²) in [5, 5.41) is 8.36. The molecule has 0 radical (unpaired) electrons. The lowest BCUT2D eigenvalue weighted by molar-refractivity contribution is -0.133. The summed E-state index contributed by atoms with van der Waals surface area (Å²) in [6.45, 7) is 1.69. The molecule has 98 valence electrons. The van der Waals surface area contributed by atoms with Crippen LogP contribution in [0.15, 0.2) is 39.3 Å². The summed E-state index contributed by atoms with van der Waals surface area (Å²) in [5.41, 5.74) is 0.527. The van der Waals surface area contributed by atoms with Gasteiger partial charge in [-0.05, 0) is 31.2 Å². The Bertz CT molecular complexity index is 607. The van der Waals surface area contributed by atoms with Crippen LogP contribution in [0.4, 0.5) is 11.5 Å². The number of hydrogen-bond acceptors (Lipinski definition) is 4. The number of carbonyl (C=O) groups excluding carboxylic acids is 2. The van der Waals surface area contributed by atoms with Crippen LogP contribution in [0.3, 0.4) is 0 Å². The van der Waals surface area contributed by atoms with Gasteiger partial charge in [-0.2, -0.15) is 0 Å². The predicted octanol–water partition coefficient (Wildman–Crippen LogP) is 2.32. The first-order chi connectivity index (χ1) is 9.04. The van der Waals surface area contributed by atoms with E-state index in [4.69, 9.17) is 4.52 Å². The van der Waals surface area contributed by atoms with Crippen molar-refractivity contribution < 1.29 is 14.1 Å². The second-order valence-electron chi connectivity index (χ2n) is 3.74. The van der Waals surface area contributed by atoms with Gasteiger partial charge >= 0.3 is 11.8 Å². The molecule has 1 aromatic heterocycles. The molecular formula is C12H10BrN3O3. The average molecular weight is 324 g/mol. The molecule has 7 heteroatoms. The molecule has 1 heterocycles. The van der Waals surface area contributed by atoms with Crippen LogP contribution in [0.2, 0.25) is 0 Å². The Hall–Kier alpha value is -2.15. The van der Waals surface area contributed by atoms with Crippen LogP contribution in [0.1, 0.15) is 5.76 Å². The molecule has 19 heavy (non-hydrogen) atoms. The third kappa shape index (κ3) is 3.65. The maximum absolute atomic E-state index is 11.6. The summed E-state index contributed by atoms with van der Waals surface area (Å²) >= 11 is 3.28. The van der Waals surface area contributed by atoms with Crippen molar-refractivity contribution in [2.24, 2.45) is 0 Å². The second kappa shape index (κ2) is 5.66. The highest BCUT2D eigenvalue weighted by Gasteiger charge is 2.15. The number of aryl methyl sites for hydroxylation is 1. The van der Waals surface area contributed by atoms with Gasteiger partial charge in [-0.15, -0.1) is 0 Å². The molecule has 0 bridgehead atoms. The lowest BCUT2D eigenvalue weighted by atomic mass is 10.3. The quantitative estimate of drug-likeness (QED) is 0.831. The summed E-state index contributed by atoms with van der Waals surface area (Å²) < 4.78 is 5.66. The first kappa shape index (κ1) is 13.3. The van der Waals surface area contributed by atoms with Crippen molar-refractivity contribution in [2.45, 2.75) is 6.92 Å². The van der Waals surface area contributed by atoms with Gasteiger partial charge in [0.2, 0.25) is 0 Å². The van der Waals surface area contributed by atoms with Gasteiger partial charge < -0.3 is 9.84 Å². The van der Waals surface area contributed by atoms with E-state index in [0.717, 1.165) is 4.47 Å². The molecule has 1 aromatic carbocycles. The monoisotopic (exact) mass is 323 g/mol. The zero-order valence-electron chi connectivity index (χ0n) is 9.94. The molecule has 0 saturated heterocycles. The van der Waals surface area contributed by atoms with E-state index in [1.807, 2.05) is 0 Å². The fourth-order valence-corrected chi connectivity index (χ4v) is 1.58. The number of nitrogens with one attached hydrogen (secondary N) is 2. The maximum atomic E-state index is 11.6. The highest BCUT2D eigenvalue weighted by molar-refractivity contribution is 9.10. The lowest BCUT2D eigenvalue weighted by Gasteiger charge is -2.04. The summed E-state index contributed by atoms with van der Waals surface area (Å²) in [4.78, 5) is 23.2. The molecule has 0 spiro atoms. The minimum absolute atomic E-state index is 0.202. The number of nitrogens with zero attached hydrogens (tertiary/aromatic N) is 1. The number of rotatable bonds is 2. The van der Waals surface area contributed by atoms with Crippen molar-refractivity contribution in [3.63, 3.8) is 0 Å². The van der Waals surface area contributed by atoms with Gasteiger partial charge in [-0.25, -0.2) is 0 Å². The zero-order chi connectivity index (χ0) is 13.8. The molecule has 0 aliphatic carbocycles. The number of aromatic nitrogens is 1. The van der Waals surface area contributed by atoms with Gasteiger partial charge in [-0.1, -0.05) is 21.1 Å². The van der Waals surface area contributed by atoms with Crippen LogP contribution >= 0.6 is 15.9 Å². The van der Waals surface area contributed by atoms with E-state index in [-0.39, 0.29) is 5.82 Å². The predicted molar refractivity (Wildman–Crippen MR) is 72.6 cm³/mol. The average Bonchev–Trinajstić information content (AvgIpc) is 2.77. The molecule has 0 aliphatic rings. The van der Waals surface area contributed by atoms with Gasteiger partial charge in [0.15, 0.2) is 5.82 Å². The fraction of sp³-hybridized carbons (Fsp3) is 0.0833. The van der Waals surface area contributed by atoms with Crippen LogP contribution in [0, 0.1) is 6.92 Å². The highest BCUT2D eigenvalue weighted by Crippen LogP contribution is 2.14. The first-order valence-electron chi connectivity index (χ1n) is 5.36. The Kier molecular flexibility index (Phi) is 3.96. The molecule has 6 nitrogen and oxygen atoms in total. The lowest BCUT2D eigenvalue weighted by Crippen LogP contribution is -2.29. The topological polar surface area (TPSA) is 84.2 Å². The Labute approximate surface area is 117 Å². The third-order valence-electron chi connectivity index (χ3n) is 2.18. The highest BCUT2D eigenvalue weighted by atomic mass is 79.9. The van der Waals surface area contributed by atoms with Crippen LogP contribution in [0.5, 0.6) is 0 Å². The van der Waals surface area contributed by atoms with Crippen molar-refractivity contribution in [2.75, 3.05) is 10.6 Å². The third-order valence-corrected chi connectivity index (χ3v) is 2.71. The molecular weight excluding hydrogens is 314 g/mol. The molecule has 0 fully saturated rings. The van der Waals surface area contributed by atoms with Crippen molar-refractivity contribution in [1.82, 2.24) is 5.16 Å². The van der Waals surface area contributed by atoms with E-state index in [1.54, 1.807) is 31.2 Å². The zero-order valence-corrected chi connectivity index (χ0v) is 11.5. The summed E-state index contributed by atoms with van der Waals surface area (Å²) in [7, 11) is 0. The molecule has 2 aromatic rings. The SMILES string of the molecule is Cc1cc(NC(=O)C(=O)Nc2ccc(Br)cc2)no1. The van der Waals surface area contributed by atoms with E-state index in [0.29, 0.717) is 11.4 Å². The molecule has 2 amide bonds. The number of hydrogen-bond donors (Lipinski definition) is 2. The largest absolute Gasteiger partial charge is 0.360 e. The van der Waals surface area contributed by atoms with Gasteiger partial charge in [0.25, 0.3) is 0 Å². The summed E-state index contributed by atoms with van der Waals surface area (Å²) in [5.74, 6) is -0.837. The summed E-state index contributed by atoms with van der Waals surface area (Å²) in [6.07, 6.45) is 0. The molecule has 0 atom stereocenters. The van der Waals surface area contributed by atoms with Crippen LogP contribution in [0.25, 0.3) is 0 Å². The first-order valence-corrected chi connectivity index (χ1v) is 6.15. The van der Waals surface area contributed by atoms with Crippen molar-refractivity contribution in [3.8, 4) is 0 Å². The Balaban J connectivity index is 1.96. The number of halogens is 1. The van der Waals surface area contributed by atoms with Gasteiger partial charge in [0.05, 0.1) is 0 Å². The molecule has 2 N–H and O–H groups in total. The fourth-order valence-electron chi connectivity index (χ4n) is 1.32. The standard InChI is InChI=1S/C12H10BrN3O3/c1-7-6-10(16-19-7)15-12(18)11(17)14-9-4-2-8(13)3-5-9/h2-6H,1H3,(H,14,17)(H,15,16,18). The van der Waals surface area contributed by atoms with E-state index in [9.17, 15) is 9.59 Å². The normalized spacial score (nSPS) is 10.0. The van der Waals surface area contributed by atoms with E-state index in [2.05, 4.69) is 31.7 Å². The van der Waals surface area contributed by atoms with Gasteiger partial charge in [-0.3, -0.25) is 14.9 Å². The van der Waals surface area contributed by atoms with Crippen LogP contribution in [-0.2, 0) is 9.59 Å². The van der Waals surface area contributed by atoms with Crippen molar-refractivity contribution in [1.29, 1.82) is 0 Å². The maximum Gasteiger partial charge on any atom is 0.315 e. The second-order valence-corrected chi connectivity index (χ2v) is 4.65.